The monoisotopic (exact) mass is 361 g/mol. The van der Waals surface area contributed by atoms with E-state index in [4.69, 9.17) is 4.74 Å². The summed E-state index contributed by atoms with van der Waals surface area (Å²) in [5.41, 5.74) is 1.66. The van der Waals surface area contributed by atoms with Crippen LogP contribution in [0.3, 0.4) is 0 Å². The quantitative estimate of drug-likeness (QED) is 0.809. The summed E-state index contributed by atoms with van der Waals surface area (Å²) in [4.78, 5) is 23.7. The number of esters is 1. The Labute approximate surface area is 137 Å². The average molecular weight is 362 g/mol. The van der Waals surface area contributed by atoms with Gasteiger partial charge >= 0.3 is 5.97 Å². The van der Waals surface area contributed by atoms with Crippen LogP contribution >= 0.6 is 15.9 Å². The van der Waals surface area contributed by atoms with Gasteiger partial charge in [-0.15, -0.1) is 0 Å². The van der Waals surface area contributed by atoms with E-state index < -0.39 is 0 Å². The summed E-state index contributed by atoms with van der Waals surface area (Å²) in [5, 5.41) is 2.78. The Morgan fingerprint density at radius 1 is 1.00 bits per heavy atom. The molecule has 2 rings (SSSR count). The molecule has 0 saturated carbocycles. The number of carbonyl (C=O) groups is 2. The minimum atomic E-state index is -0.354. The van der Waals surface area contributed by atoms with E-state index in [0.29, 0.717) is 23.4 Å². The third-order valence-corrected chi connectivity index (χ3v) is 3.45. The Hall–Kier alpha value is -2.14. The highest BCUT2D eigenvalue weighted by molar-refractivity contribution is 9.10. The summed E-state index contributed by atoms with van der Waals surface area (Å²) in [7, 11) is 0. The molecule has 4 nitrogen and oxygen atoms in total. The van der Waals surface area contributed by atoms with Crippen molar-refractivity contribution in [2.45, 2.75) is 13.3 Å². The lowest BCUT2D eigenvalue weighted by Crippen LogP contribution is -2.12. The van der Waals surface area contributed by atoms with E-state index in [2.05, 4.69) is 21.2 Å². The Balaban J connectivity index is 2.00. The summed E-state index contributed by atoms with van der Waals surface area (Å²) in [6, 6.07) is 13.7. The predicted molar refractivity (Wildman–Crippen MR) is 89.1 cm³/mol. The number of hydrogen-bond donors (Lipinski definition) is 1. The lowest BCUT2D eigenvalue weighted by molar-refractivity contribution is 0.0505. The maximum Gasteiger partial charge on any atom is 0.338 e. The van der Waals surface area contributed by atoms with Crippen molar-refractivity contribution in [1.82, 2.24) is 0 Å². The van der Waals surface area contributed by atoms with E-state index in [0.717, 1.165) is 10.9 Å². The van der Waals surface area contributed by atoms with Crippen LogP contribution in [0.25, 0.3) is 0 Å². The molecular formula is C17H16BrNO3. The summed E-state index contributed by atoms with van der Waals surface area (Å²) >= 11 is 3.33. The van der Waals surface area contributed by atoms with E-state index in [1.54, 1.807) is 36.4 Å². The smallest absolute Gasteiger partial charge is 0.338 e. The highest BCUT2D eigenvalue weighted by Gasteiger charge is 2.08. The number of amides is 1. The maximum atomic E-state index is 12.1. The number of benzene rings is 2. The minimum Gasteiger partial charge on any atom is -0.462 e. The molecule has 0 atom stereocenters. The van der Waals surface area contributed by atoms with Crippen molar-refractivity contribution >= 4 is 33.5 Å². The van der Waals surface area contributed by atoms with Crippen molar-refractivity contribution in [2.75, 3.05) is 11.9 Å². The van der Waals surface area contributed by atoms with E-state index in [9.17, 15) is 9.59 Å². The van der Waals surface area contributed by atoms with Crippen LogP contribution in [0.5, 0.6) is 0 Å². The molecule has 0 aliphatic rings. The van der Waals surface area contributed by atoms with Crippen LogP contribution < -0.4 is 5.32 Å². The highest BCUT2D eigenvalue weighted by Crippen LogP contribution is 2.14. The van der Waals surface area contributed by atoms with Crippen LogP contribution in [0.1, 0.15) is 34.1 Å². The number of halogens is 1. The fraction of sp³-hybridized carbons (Fsp3) is 0.176. The van der Waals surface area contributed by atoms with Gasteiger partial charge < -0.3 is 10.1 Å². The number of anilines is 1. The van der Waals surface area contributed by atoms with Gasteiger partial charge in [0.05, 0.1) is 12.2 Å². The molecule has 22 heavy (non-hydrogen) atoms. The molecule has 0 unspecified atom stereocenters. The average Bonchev–Trinajstić information content (AvgIpc) is 2.54. The second-order valence-electron chi connectivity index (χ2n) is 4.67. The van der Waals surface area contributed by atoms with E-state index in [1.807, 2.05) is 19.1 Å². The molecule has 1 amide bonds. The molecule has 0 fully saturated rings. The molecule has 0 aliphatic carbocycles. The van der Waals surface area contributed by atoms with Gasteiger partial charge in [0, 0.05) is 15.7 Å². The Morgan fingerprint density at radius 3 is 2.18 bits per heavy atom. The first-order valence-corrected chi connectivity index (χ1v) is 7.73. The van der Waals surface area contributed by atoms with Gasteiger partial charge in [-0.3, -0.25) is 4.79 Å². The number of rotatable bonds is 5. The largest absolute Gasteiger partial charge is 0.462 e. The van der Waals surface area contributed by atoms with Gasteiger partial charge in [-0.2, -0.15) is 0 Å². The summed E-state index contributed by atoms with van der Waals surface area (Å²) in [6.45, 7) is 2.34. The van der Waals surface area contributed by atoms with Crippen LogP contribution in [0.2, 0.25) is 0 Å². The van der Waals surface area contributed by atoms with Crippen molar-refractivity contribution in [3.05, 3.63) is 64.1 Å². The fourth-order valence-electron chi connectivity index (χ4n) is 1.77. The maximum absolute atomic E-state index is 12.1. The summed E-state index contributed by atoms with van der Waals surface area (Å²) in [5.74, 6) is -0.554. The molecule has 0 spiro atoms. The normalized spacial score (nSPS) is 10.1. The van der Waals surface area contributed by atoms with Gasteiger partial charge in [-0.25, -0.2) is 4.79 Å². The van der Waals surface area contributed by atoms with Crippen molar-refractivity contribution in [2.24, 2.45) is 0 Å². The molecule has 2 aromatic carbocycles. The second kappa shape index (κ2) is 7.75. The van der Waals surface area contributed by atoms with Crippen LogP contribution in [0.15, 0.2) is 53.0 Å². The zero-order chi connectivity index (χ0) is 15.9. The number of hydrogen-bond acceptors (Lipinski definition) is 3. The Bertz CT molecular complexity index is 651. The Kier molecular flexibility index (Phi) is 5.72. The fourth-order valence-corrected chi connectivity index (χ4v) is 2.04. The number of nitrogens with one attached hydrogen (secondary N) is 1. The van der Waals surface area contributed by atoms with Crippen molar-refractivity contribution < 1.29 is 14.3 Å². The van der Waals surface area contributed by atoms with Gasteiger partial charge in [0.1, 0.15) is 0 Å². The van der Waals surface area contributed by atoms with Gasteiger partial charge in [-0.1, -0.05) is 22.9 Å². The third-order valence-electron chi connectivity index (χ3n) is 2.92. The van der Waals surface area contributed by atoms with Crippen LogP contribution in [-0.4, -0.2) is 18.5 Å². The first kappa shape index (κ1) is 16.2. The molecule has 2 aromatic rings. The zero-order valence-electron chi connectivity index (χ0n) is 12.1. The number of carbonyl (C=O) groups excluding carboxylic acids is 2. The highest BCUT2D eigenvalue weighted by atomic mass is 79.9. The first-order chi connectivity index (χ1) is 10.6. The molecule has 0 saturated heterocycles. The molecule has 0 radical (unpaired) electrons. The minimum absolute atomic E-state index is 0.200. The van der Waals surface area contributed by atoms with Gasteiger partial charge in [0.25, 0.3) is 5.91 Å². The number of ether oxygens (including phenoxy) is 1. The van der Waals surface area contributed by atoms with E-state index >= 15 is 0 Å². The van der Waals surface area contributed by atoms with E-state index in [-0.39, 0.29) is 11.9 Å². The molecule has 0 heterocycles. The molecule has 0 bridgehead atoms. The van der Waals surface area contributed by atoms with Crippen molar-refractivity contribution in [3.8, 4) is 0 Å². The lowest BCUT2D eigenvalue weighted by atomic mass is 10.2. The molecule has 1 N–H and O–H groups in total. The topological polar surface area (TPSA) is 55.4 Å². The first-order valence-electron chi connectivity index (χ1n) is 6.94. The third kappa shape index (κ3) is 4.43. The summed E-state index contributed by atoms with van der Waals surface area (Å²) in [6.07, 6.45) is 0.785. The van der Waals surface area contributed by atoms with Gasteiger partial charge in [0.2, 0.25) is 0 Å². The Morgan fingerprint density at radius 2 is 1.59 bits per heavy atom. The molecule has 114 valence electrons. The van der Waals surface area contributed by atoms with Crippen molar-refractivity contribution in [3.63, 3.8) is 0 Å². The predicted octanol–water partition coefficient (Wildman–Crippen LogP) is 4.27. The van der Waals surface area contributed by atoms with Crippen LogP contribution in [-0.2, 0) is 4.74 Å². The van der Waals surface area contributed by atoms with Gasteiger partial charge in [0.15, 0.2) is 0 Å². The van der Waals surface area contributed by atoms with Gasteiger partial charge in [-0.05, 0) is 55.0 Å². The zero-order valence-corrected chi connectivity index (χ0v) is 13.7. The SMILES string of the molecule is CCCOC(=O)c1ccc(NC(=O)c2ccc(Br)cc2)cc1. The second-order valence-corrected chi connectivity index (χ2v) is 5.59. The van der Waals surface area contributed by atoms with Crippen LogP contribution in [0, 0.1) is 0 Å². The van der Waals surface area contributed by atoms with E-state index in [1.165, 1.54) is 0 Å². The standard InChI is InChI=1S/C17H16BrNO3/c1-2-11-22-17(21)13-5-9-15(10-6-13)19-16(20)12-3-7-14(18)8-4-12/h3-10H,2,11H2,1H3,(H,19,20). The molecule has 5 heteroatoms. The molecule has 0 aromatic heterocycles. The lowest BCUT2D eigenvalue weighted by Gasteiger charge is -2.07. The summed E-state index contributed by atoms with van der Waals surface area (Å²) < 4.78 is 5.96. The molecular weight excluding hydrogens is 346 g/mol. The molecule has 0 aliphatic heterocycles. The van der Waals surface area contributed by atoms with Crippen molar-refractivity contribution in [1.29, 1.82) is 0 Å². The van der Waals surface area contributed by atoms with Crippen LogP contribution in [0.4, 0.5) is 5.69 Å².